The first kappa shape index (κ1) is 127. The number of hydrogen-bond donors (Lipinski definition) is 0. The molecule has 0 aromatic heterocycles. The van der Waals surface area contributed by atoms with E-state index < -0.39 is 96.5 Å². The first-order chi connectivity index (χ1) is 43.8. The van der Waals surface area contributed by atoms with Crippen LogP contribution in [-0.2, 0) is 0 Å². The third kappa shape index (κ3) is 101. The Morgan fingerprint density at radius 1 is 0.293 bits per heavy atom. The summed E-state index contributed by atoms with van der Waals surface area (Å²) < 4.78 is 270. The molecule has 0 aromatic rings. The lowest BCUT2D eigenvalue weighted by Gasteiger charge is -2.32. The molecule has 99 heavy (non-hydrogen) atoms. The van der Waals surface area contributed by atoms with E-state index in [2.05, 4.69) is 111 Å². The summed E-state index contributed by atoms with van der Waals surface area (Å²) in [6.07, 6.45) is -13.6. The topological polar surface area (TPSA) is 0 Å². The molecule has 0 amide bonds. The van der Waals surface area contributed by atoms with Crippen LogP contribution in [0.2, 0.25) is 0 Å². The standard InChI is InChI=1S/C7H16.C6H8F6.2C6H11F3.2C6H12F2.C6H13F.3C6H14.C5H9F3.C5H10F2.C5H11F/c1-5-6-7(2,3)4;1-3-4(2,5(7,8)9)6(10,11)12;1-4-5(2,3)6(7,8)9;1-3-4-5(2)6(7,8)9;1-4-6(7,8)5(2)3;1-3-4-5(2)6(7)8;1-3-4-6(2)5-7;2*1-5-6(2,3)4;1-4-5-6(2)3;1-3-4(2)5(6,7)8;1-3-4(2)5(6)7;1-3-5(2)4-6/h5-6H2,1-4H3;3H2,1-2H3;4H2,1-3H3;5H,3-4H2,1-2H3;5H,4H2,1-3H3;5-6H,3-4H2,1-2H3;6H,3-5H2,1-2H3;2*5H2,1-4H3;6H,4-5H2,1-3H3;4H,3H2,1-2H3;4-5H,3H2,1-2H3;5H,3-4H2,1-2H3. The molecule has 0 aromatic carbocycles. The first-order valence-corrected chi connectivity index (χ1v) is 36.2. The molecule has 0 fully saturated rings. The van der Waals surface area contributed by atoms with Crippen molar-refractivity contribution in [3.05, 3.63) is 0 Å². The summed E-state index contributed by atoms with van der Waals surface area (Å²) in [6, 6.07) is 0. The largest absolute Gasteiger partial charge is 0.402 e. The summed E-state index contributed by atoms with van der Waals surface area (Å²) in [6.45, 7) is 63.2. The summed E-state index contributed by atoms with van der Waals surface area (Å²) in [7, 11) is 0. The Morgan fingerprint density at radius 2 is 0.606 bits per heavy atom. The summed E-state index contributed by atoms with van der Waals surface area (Å²) in [5, 5.41) is 0. The van der Waals surface area contributed by atoms with Crippen molar-refractivity contribution >= 4 is 0 Å². The van der Waals surface area contributed by atoms with Crippen LogP contribution in [0.25, 0.3) is 0 Å². The van der Waals surface area contributed by atoms with Crippen molar-refractivity contribution in [3.63, 3.8) is 0 Å². The molecule has 6 unspecified atom stereocenters. The molecule has 0 spiro atoms. The van der Waals surface area contributed by atoms with Gasteiger partial charge in [0.1, 0.15) is 0 Å². The molecule has 0 heterocycles. The lowest BCUT2D eigenvalue weighted by atomic mass is 9.86. The van der Waals surface area contributed by atoms with E-state index in [9.17, 15) is 101 Å². The molecular formula is C76H155F23. The monoisotopic (exact) mass is 1510 g/mol. The molecule has 0 nitrogen and oxygen atoms in total. The summed E-state index contributed by atoms with van der Waals surface area (Å²) in [5.74, 6) is -4.66. The van der Waals surface area contributed by atoms with E-state index in [0.717, 1.165) is 38.5 Å². The van der Waals surface area contributed by atoms with Gasteiger partial charge in [-0.05, 0) is 92.3 Å². The van der Waals surface area contributed by atoms with Gasteiger partial charge in [0.2, 0.25) is 18.8 Å². The van der Waals surface area contributed by atoms with E-state index in [-0.39, 0.29) is 57.8 Å². The fraction of sp³-hybridized carbons (Fsp3) is 1.00. The van der Waals surface area contributed by atoms with Gasteiger partial charge < -0.3 is 0 Å². The molecule has 0 aliphatic carbocycles. The Kier molecular flexibility index (Phi) is 86.0. The maximum absolute atomic E-state index is 12.3. The van der Waals surface area contributed by atoms with Gasteiger partial charge in [-0.25, -0.2) is 26.3 Å². The van der Waals surface area contributed by atoms with E-state index in [1.807, 2.05) is 27.7 Å². The first-order valence-electron chi connectivity index (χ1n) is 36.2. The average molecular weight is 1510 g/mol. The van der Waals surface area contributed by atoms with Gasteiger partial charge in [0.05, 0.1) is 30.6 Å². The van der Waals surface area contributed by atoms with E-state index in [0.29, 0.717) is 35.5 Å². The van der Waals surface area contributed by atoms with Crippen LogP contribution in [0, 0.1) is 74.4 Å². The molecule has 0 aliphatic heterocycles. The van der Waals surface area contributed by atoms with E-state index >= 15 is 0 Å². The predicted molar refractivity (Wildman–Crippen MR) is 381 cm³/mol. The van der Waals surface area contributed by atoms with Crippen molar-refractivity contribution in [3.8, 4) is 0 Å². The predicted octanol–water partition coefficient (Wildman–Crippen LogP) is 34.3. The number of halogens is 23. The Morgan fingerprint density at radius 3 is 0.636 bits per heavy atom. The van der Waals surface area contributed by atoms with Gasteiger partial charge in [-0.15, -0.1) is 0 Å². The molecule has 0 radical (unpaired) electrons. The highest BCUT2D eigenvalue weighted by atomic mass is 19.4. The minimum atomic E-state index is -5.24. The minimum absolute atomic E-state index is 0.0509. The number of rotatable bonds is 20. The Balaban J connectivity index is -0.0000000739. The second kappa shape index (κ2) is 67.0. The van der Waals surface area contributed by atoms with Crippen LogP contribution in [0.4, 0.5) is 101 Å². The van der Waals surface area contributed by atoms with Crippen molar-refractivity contribution in [1.29, 1.82) is 0 Å². The molecule has 620 valence electrons. The molecule has 0 aliphatic rings. The fourth-order valence-corrected chi connectivity index (χ4v) is 4.76. The van der Waals surface area contributed by atoms with Crippen molar-refractivity contribution in [2.24, 2.45) is 74.4 Å². The zero-order chi connectivity index (χ0) is 83.4. The van der Waals surface area contributed by atoms with Crippen LogP contribution in [0.1, 0.15) is 358 Å². The third-order valence-corrected chi connectivity index (χ3v) is 15.6. The van der Waals surface area contributed by atoms with E-state index in [1.54, 1.807) is 27.7 Å². The average Bonchev–Trinajstić information content (AvgIpc) is 0.782. The molecule has 0 saturated heterocycles. The normalized spacial score (nSPS) is 13.9. The quantitative estimate of drug-likeness (QED) is 0.107. The van der Waals surface area contributed by atoms with Gasteiger partial charge in [-0.1, -0.05) is 293 Å². The summed E-state index contributed by atoms with van der Waals surface area (Å²) in [4.78, 5) is 0. The molecule has 23 heteroatoms. The van der Waals surface area contributed by atoms with Crippen LogP contribution in [0.15, 0.2) is 0 Å². The lowest BCUT2D eigenvalue weighted by molar-refractivity contribution is -0.335. The maximum atomic E-state index is 12.3. The van der Waals surface area contributed by atoms with Crippen molar-refractivity contribution in [2.75, 3.05) is 13.3 Å². The summed E-state index contributed by atoms with van der Waals surface area (Å²) >= 11 is 0. The number of alkyl halides is 23. The van der Waals surface area contributed by atoms with Crippen molar-refractivity contribution < 1.29 is 101 Å². The minimum Gasteiger partial charge on any atom is -0.251 e. The Labute approximate surface area is 594 Å². The maximum Gasteiger partial charge on any atom is 0.402 e. The van der Waals surface area contributed by atoms with Gasteiger partial charge in [0.25, 0.3) is 0 Å². The van der Waals surface area contributed by atoms with Crippen LogP contribution in [-0.4, -0.2) is 63.0 Å². The van der Waals surface area contributed by atoms with Crippen LogP contribution in [0.3, 0.4) is 0 Å². The van der Waals surface area contributed by atoms with Crippen LogP contribution >= 0.6 is 0 Å². The summed E-state index contributed by atoms with van der Waals surface area (Å²) in [5.41, 5.74) is -3.47. The second-order valence-electron chi connectivity index (χ2n) is 30.6. The van der Waals surface area contributed by atoms with Crippen LogP contribution < -0.4 is 0 Å². The van der Waals surface area contributed by atoms with Crippen molar-refractivity contribution in [1.82, 2.24) is 0 Å². The second-order valence-corrected chi connectivity index (χ2v) is 30.6. The Bertz CT molecular complexity index is 1540. The fourth-order valence-electron chi connectivity index (χ4n) is 4.76. The van der Waals surface area contributed by atoms with Gasteiger partial charge in [0.15, 0.2) is 5.41 Å². The third-order valence-electron chi connectivity index (χ3n) is 15.6. The SMILES string of the molecule is CCC(C)(C(F)(F)F)C(F)(F)F.CCC(C)(C)C.CCC(C)(C)C.CCC(C)(C)C(F)(F)F.CCC(C)C(F)(F)F.CCC(C)C(F)F.CCC(C)CF.CCC(F)(F)C(C)C.CCCC(C)(C)C.CCCC(C)C.CCCC(C)C(F)(F)F.CCCC(C)C(F)F.CCCC(C)CF. The molecule has 0 rings (SSSR count). The molecular weight excluding hydrogens is 1350 g/mol. The van der Waals surface area contributed by atoms with Gasteiger partial charge in [-0.3, -0.25) is 8.78 Å². The Hall–Kier alpha value is -1.61. The molecule has 0 saturated carbocycles. The molecule has 6 atom stereocenters. The van der Waals surface area contributed by atoms with Crippen LogP contribution in [0.5, 0.6) is 0 Å². The molecule has 0 N–H and O–H groups in total. The lowest BCUT2D eigenvalue weighted by Crippen LogP contribution is -2.47. The van der Waals surface area contributed by atoms with Gasteiger partial charge >= 0.3 is 30.9 Å². The van der Waals surface area contributed by atoms with Crippen molar-refractivity contribution in [2.45, 2.75) is 408 Å². The van der Waals surface area contributed by atoms with Gasteiger partial charge in [0, 0.05) is 24.2 Å². The van der Waals surface area contributed by atoms with E-state index in [4.69, 9.17) is 0 Å². The highest BCUT2D eigenvalue weighted by Crippen LogP contribution is 2.52. The van der Waals surface area contributed by atoms with E-state index in [1.165, 1.54) is 101 Å². The highest BCUT2D eigenvalue weighted by Gasteiger charge is 2.66. The smallest absolute Gasteiger partial charge is 0.251 e. The highest BCUT2D eigenvalue weighted by molar-refractivity contribution is 4.87. The van der Waals surface area contributed by atoms with Gasteiger partial charge in [-0.2, -0.15) is 65.9 Å². The zero-order valence-corrected chi connectivity index (χ0v) is 69.1. The number of hydrogen-bond acceptors (Lipinski definition) is 0. The zero-order valence-electron chi connectivity index (χ0n) is 69.1. The molecule has 0 bridgehead atoms.